The lowest BCUT2D eigenvalue weighted by Crippen LogP contribution is -2.29. The summed E-state index contributed by atoms with van der Waals surface area (Å²) < 4.78 is 0. The van der Waals surface area contributed by atoms with Crippen LogP contribution in [-0.4, -0.2) is 11.9 Å². The SMILES string of the molecule is CC(=O)Nc1ccc(NC2CCC(C)(C)CC2)cc1C. The smallest absolute Gasteiger partial charge is 0.221 e. The Bertz CT molecular complexity index is 484. The zero-order valence-electron chi connectivity index (χ0n) is 13.0. The number of hydrogen-bond acceptors (Lipinski definition) is 2. The lowest BCUT2D eigenvalue weighted by atomic mass is 9.75. The first kappa shape index (κ1) is 14.9. The Hall–Kier alpha value is -1.51. The lowest BCUT2D eigenvalue weighted by molar-refractivity contribution is -0.114. The molecule has 0 bridgehead atoms. The molecule has 1 saturated carbocycles. The molecule has 2 rings (SSSR count). The first-order chi connectivity index (χ1) is 9.35. The predicted molar refractivity (Wildman–Crippen MR) is 85.1 cm³/mol. The Morgan fingerprint density at radius 3 is 2.45 bits per heavy atom. The Labute approximate surface area is 122 Å². The molecular formula is C17H26N2O. The average Bonchev–Trinajstić information content (AvgIpc) is 2.35. The lowest BCUT2D eigenvalue weighted by Gasteiger charge is -2.35. The van der Waals surface area contributed by atoms with E-state index in [1.807, 2.05) is 13.0 Å². The molecule has 0 radical (unpaired) electrons. The van der Waals surface area contributed by atoms with Crippen molar-refractivity contribution < 1.29 is 4.79 Å². The number of carbonyl (C=O) groups excluding carboxylic acids is 1. The second kappa shape index (κ2) is 5.86. The molecule has 0 saturated heterocycles. The van der Waals surface area contributed by atoms with Crippen LogP contribution in [0.2, 0.25) is 0 Å². The molecule has 110 valence electrons. The van der Waals surface area contributed by atoms with E-state index in [0.29, 0.717) is 11.5 Å². The number of anilines is 2. The summed E-state index contributed by atoms with van der Waals surface area (Å²) in [5.74, 6) is -0.0247. The van der Waals surface area contributed by atoms with E-state index in [2.05, 4.69) is 36.6 Å². The molecule has 0 atom stereocenters. The molecule has 1 aliphatic carbocycles. The standard InChI is InChI=1S/C17H26N2O/c1-12-11-15(5-6-16(12)18-13(2)20)19-14-7-9-17(3,4)10-8-14/h5-6,11,14,19H,7-10H2,1-4H3,(H,18,20). The number of aryl methyl sites for hydroxylation is 1. The topological polar surface area (TPSA) is 41.1 Å². The Morgan fingerprint density at radius 2 is 1.90 bits per heavy atom. The number of amides is 1. The molecule has 1 aromatic rings. The van der Waals surface area contributed by atoms with Gasteiger partial charge in [-0.3, -0.25) is 4.79 Å². The Balaban J connectivity index is 1.97. The third kappa shape index (κ3) is 3.99. The molecule has 0 spiro atoms. The Kier molecular flexibility index (Phi) is 4.36. The molecule has 0 unspecified atom stereocenters. The monoisotopic (exact) mass is 274 g/mol. The fourth-order valence-corrected chi connectivity index (χ4v) is 2.86. The van der Waals surface area contributed by atoms with Crippen LogP contribution in [0.5, 0.6) is 0 Å². The number of nitrogens with one attached hydrogen (secondary N) is 2. The van der Waals surface area contributed by atoms with Crippen molar-refractivity contribution in [1.29, 1.82) is 0 Å². The van der Waals surface area contributed by atoms with E-state index >= 15 is 0 Å². The average molecular weight is 274 g/mol. The fraction of sp³-hybridized carbons (Fsp3) is 0.588. The molecule has 1 fully saturated rings. The van der Waals surface area contributed by atoms with Gasteiger partial charge in [0.25, 0.3) is 0 Å². The molecule has 1 aromatic carbocycles. The first-order valence-electron chi connectivity index (χ1n) is 7.50. The van der Waals surface area contributed by atoms with Gasteiger partial charge in [-0.05, 0) is 61.8 Å². The number of rotatable bonds is 3. The van der Waals surface area contributed by atoms with Crippen LogP contribution in [0.25, 0.3) is 0 Å². The summed E-state index contributed by atoms with van der Waals surface area (Å²) in [5, 5.41) is 6.48. The van der Waals surface area contributed by atoms with Crippen LogP contribution in [-0.2, 0) is 4.79 Å². The quantitative estimate of drug-likeness (QED) is 0.861. The molecule has 3 nitrogen and oxygen atoms in total. The van der Waals surface area contributed by atoms with Crippen molar-refractivity contribution in [2.75, 3.05) is 10.6 Å². The van der Waals surface area contributed by atoms with Crippen molar-refractivity contribution in [3.8, 4) is 0 Å². The van der Waals surface area contributed by atoms with E-state index in [4.69, 9.17) is 0 Å². The van der Waals surface area contributed by atoms with Crippen molar-refractivity contribution in [3.63, 3.8) is 0 Å². The minimum absolute atomic E-state index is 0.0247. The largest absolute Gasteiger partial charge is 0.382 e. The van der Waals surface area contributed by atoms with Gasteiger partial charge in [-0.25, -0.2) is 0 Å². The van der Waals surface area contributed by atoms with Crippen molar-refractivity contribution in [2.24, 2.45) is 5.41 Å². The van der Waals surface area contributed by atoms with Crippen molar-refractivity contribution in [2.45, 2.75) is 59.4 Å². The molecule has 20 heavy (non-hydrogen) atoms. The van der Waals surface area contributed by atoms with Gasteiger partial charge in [-0.2, -0.15) is 0 Å². The fourth-order valence-electron chi connectivity index (χ4n) is 2.86. The van der Waals surface area contributed by atoms with Crippen LogP contribution in [0.1, 0.15) is 52.0 Å². The summed E-state index contributed by atoms with van der Waals surface area (Å²) in [6.07, 6.45) is 5.04. The van der Waals surface area contributed by atoms with Crippen molar-refractivity contribution >= 4 is 17.3 Å². The highest BCUT2D eigenvalue weighted by atomic mass is 16.1. The maximum absolute atomic E-state index is 11.1. The highest BCUT2D eigenvalue weighted by molar-refractivity contribution is 5.89. The summed E-state index contributed by atoms with van der Waals surface area (Å²) in [7, 11) is 0. The van der Waals surface area contributed by atoms with Crippen molar-refractivity contribution in [3.05, 3.63) is 23.8 Å². The summed E-state index contributed by atoms with van der Waals surface area (Å²) in [6, 6.07) is 6.73. The molecule has 2 N–H and O–H groups in total. The Morgan fingerprint density at radius 1 is 1.25 bits per heavy atom. The molecule has 0 aliphatic heterocycles. The van der Waals surface area contributed by atoms with Crippen LogP contribution in [0, 0.1) is 12.3 Å². The molecule has 1 amide bonds. The number of hydrogen-bond donors (Lipinski definition) is 2. The van der Waals surface area contributed by atoms with E-state index in [9.17, 15) is 4.79 Å². The maximum Gasteiger partial charge on any atom is 0.221 e. The van der Waals surface area contributed by atoms with Gasteiger partial charge < -0.3 is 10.6 Å². The third-order valence-corrected chi connectivity index (χ3v) is 4.25. The minimum Gasteiger partial charge on any atom is -0.382 e. The van der Waals surface area contributed by atoms with E-state index in [0.717, 1.165) is 16.9 Å². The van der Waals surface area contributed by atoms with Crippen LogP contribution in [0.3, 0.4) is 0 Å². The summed E-state index contributed by atoms with van der Waals surface area (Å²) in [6.45, 7) is 8.28. The third-order valence-electron chi connectivity index (χ3n) is 4.25. The zero-order valence-corrected chi connectivity index (χ0v) is 13.0. The molecular weight excluding hydrogens is 248 g/mol. The van der Waals surface area contributed by atoms with Crippen molar-refractivity contribution in [1.82, 2.24) is 0 Å². The van der Waals surface area contributed by atoms with Crippen LogP contribution < -0.4 is 10.6 Å². The second-order valence-electron chi connectivity index (χ2n) is 6.79. The maximum atomic E-state index is 11.1. The highest BCUT2D eigenvalue weighted by Crippen LogP contribution is 2.36. The number of benzene rings is 1. The summed E-state index contributed by atoms with van der Waals surface area (Å²) >= 11 is 0. The van der Waals surface area contributed by atoms with Gasteiger partial charge in [0.1, 0.15) is 0 Å². The van der Waals surface area contributed by atoms with Gasteiger partial charge in [0.15, 0.2) is 0 Å². The van der Waals surface area contributed by atoms with Gasteiger partial charge >= 0.3 is 0 Å². The molecule has 1 aliphatic rings. The van der Waals surface area contributed by atoms with Gasteiger partial charge in [0, 0.05) is 24.3 Å². The van der Waals surface area contributed by atoms with Gasteiger partial charge in [0.2, 0.25) is 5.91 Å². The van der Waals surface area contributed by atoms with Gasteiger partial charge in [-0.1, -0.05) is 13.8 Å². The molecule has 3 heteroatoms. The summed E-state index contributed by atoms with van der Waals surface area (Å²) in [5.41, 5.74) is 3.65. The summed E-state index contributed by atoms with van der Waals surface area (Å²) in [4.78, 5) is 11.1. The van der Waals surface area contributed by atoms with E-state index in [1.165, 1.54) is 32.6 Å². The van der Waals surface area contributed by atoms with Gasteiger partial charge in [-0.15, -0.1) is 0 Å². The van der Waals surface area contributed by atoms with Crippen LogP contribution in [0.15, 0.2) is 18.2 Å². The van der Waals surface area contributed by atoms with E-state index in [1.54, 1.807) is 0 Å². The second-order valence-corrected chi connectivity index (χ2v) is 6.79. The molecule has 0 heterocycles. The van der Waals surface area contributed by atoms with Crippen LogP contribution >= 0.6 is 0 Å². The van der Waals surface area contributed by atoms with Crippen LogP contribution in [0.4, 0.5) is 11.4 Å². The normalized spacial score (nSPS) is 18.6. The minimum atomic E-state index is -0.0247. The predicted octanol–water partition coefficient (Wildman–Crippen LogP) is 4.33. The first-order valence-corrected chi connectivity index (χ1v) is 7.50. The highest BCUT2D eigenvalue weighted by Gasteiger charge is 2.26. The van der Waals surface area contributed by atoms with E-state index < -0.39 is 0 Å². The number of carbonyl (C=O) groups is 1. The van der Waals surface area contributed by atoms with E-state index in [-0.39, 0.29) is 5.91 Å². The molecule has 0 aromatic heterocycles. The van der Waals surface area contributed by atoms with Gasteiger partial charge in [0.05, 0.1) is 0 Å². The zero-order chi connectivity index (χ0) is 14.8.